The zero-order valence-corrected chi connectivity index (χ0v) is 15.1. The minimum Gasteiger partial charge on any atom is -0.481 e. The molecule has 6 heteroatoms. The predicted octanol–water partition coefficient (Wildman–Crippen LogP) is 2.19. The predicted molar refractivity (Wildman–Crippen MR) is 92.3 cm³/mol. The number of hydrogen-bond acceptors (Lipinski definition) is 4. The molecule has 4 aliphatic carbocycles. The zero-order chi connectivity index (χ0) is 18.9. The van der Waals surface area contributed by atoms with E-state index in [2.05, 4.69) is 0 Å². The highest BCUT2D eigenvalue weighted by Gasteiger charge is 2.68. The molecule has 0 aromatic rings. The van der Waals surface area contributed by atoms with Crippen molar-refractivity contribution in [2.75, 3.05) is 0 Å². The first-order valence-electron chi connectivity index (χ1n) is 9.73. The van der Waals surface area contributed by atoms with Crippen LogP contribution in [0.1, 0.15) is 58.3 Å². The molecular weight excluding hydrogens is 336 g/mol. The van der Waals surface area contributed by atoms with Crippen LogP contribution >= 0.6 is 0 Å². The molecule has 0 aromatic carbocycles. The Labute approximate surface area is 152 Å². The Hall–Kier alpha value is -1.40. The molecule has 26 heavy (non-hydrogen) atoms. The quantitative estimate of drug-likeness (QED) is 0.558. The second kappa shape index (κ2) is 5.55. The van der Waals surface area contributed by atoms with Crippen molar-refractivity contribution in [2.24, 2.45) is 28.6 Å². The third-order valence-electron chi connectivity index (χ3n) is 8.32. The van der Waals surface area contributed by atoms with Crippen LogP contribution in [0.15, 0.2) is 11.6 Å². The van der Waals surface area contributed by atoms with Crippen LogP contribution in [0, 0.1) is 28.6 Å². The lowest BCUT2D eigenvalue weighted by molar-refractivity contribution is -0.223. The van der Waals surface area contributed by atoms with E-state index in [1.165, 1.54) is 0 Å². The van der Waals surface area contributed by atoms with E-state index in [9.17, 15) is 30.0 Å². The highest BCUT2D eigenvalue weighted by atomic mass is 16.4. The number of aliphatic hydroxyl groups is 2. The van der Waals surface area contributed by atoms with Crippen LogP contribution in [-0.4, -0.2) is 44.1 Å². The summed E-state index contributed by atoms with van der Waals surface area (Å²) in [5.41, 5.74) is -1.92. The number of carboxylic acids is 2. The Morgan fingerprint density at radius 2 is 1.85 bits per heavy atom. The number of allylic oxidation sites excluding steroid dienone is 2. The van der Waals surface area contributed by atoms with E-state index in [-0.39, 0.29) is 24.7 Å². The molecule has 0 aliphatic heterocycles. The number of carboxylic acid groups (broad SMARTS) is 2. The van der Waals surface area contributed by atoms with Crippen molar-refractivity contribution in [3.63, 3.8) is 0 Å². The van der Waals surface area contributed by atoms with Crippen molar-refractivity contribution in [2.45, 2.75) is 70.0 Å². The van der Waals surface area contributed by atoms with Crippen molar-refractivity contribution in [1.82, 2.24) is 0 Å². The molecule has 6 nitrogen and oxygen atoms in total. The summed E-state index contributed by atoms with van der Waals surface area (Å²) in [7, 11) is 0. The van der Waals surface area contributed by atoms with Gasteiger partial charge in [0.1, 0.15) is 0 Å². The van der Waals surface area contributed by atoms with E-state index in [0.29, 0.717) is 38.5 Å². The second-order valence-corrected chi connectivity index (χ2v) is 9.20. The third kappa shape index (κ3) is 2.06. The van der Waals surface area contributed by atoms with Gasteiger partial charge in [0.15, 0.2) is 0 Å². The largest absolute Gasteiger partial charge is 0.481 e. The lowest BCUT2D eigenvalue weighted by atomic mass is 9.43. The Kier molecular flexibility index (Phi) is 3.84. The van der Waals surface area contributed by atoms with Crippen molar-refractivity contribution in [3.8, 4) is 0 Å². The Morgan fingerprint density at radius 3 is 2.50 bits per heavy atom. The molecule has 0 saturated heterocycles. The molecule has 3 fully saturated rings. The van der Waals surface area contributed by atoms with Gasteiger partial charge >= 0.3 is 11.9 Å². The van der Waals surface area contributed by atoms with E-state index in [4.69, 9.17) is 0 Å². The van der Waals surface area contributed by atoms with Crippen molar-refractivity contribution in [3.05, 3.63) is 11.6 Å². The Bertz CT molecular complexity index is 686. The molecule has 0 unspecified atom stereocenters. The number of aliphatic carboxylic acids is 2. The third-order valence-corrected chi connectivity index (χ3v) is 8.32. The van der Waals surface area contributed by atoms with Gasteiger partial charge in [-0.1, -0.05) is 18.6 Å². The topological polar surface area (TPSA) is 115 Å². The van der Waals surface area contributed by atoms with Gasteiger partial charge in [-0.05, 0) is 56.8 Å². The minimum absolute atomic E-state index is 0.0183. The van der Waals surface area contributed by atoms with Gasteiger partial charge in [-0.25, -0.2) is 0 Å². The number of fused-ring (bicyclic) bond motifs is 5. The SMILES string of the molecule is C[C@]12CC[C@@H]3[C@H](CC[C@]4(O)C[C@H](O)CC[C@]34C(=O)O)C1=CC[C@H]2C(=O)O. The summed E-state index contributed by atoms with van der Waals surface area (Å²) in [6.07, 6.45) is 4.97. The zero-order valence-electron chi connectivity index (χ0n) is 15.1. The first-order chi connectivity index (χ1) is 12.2. The number of carbonyl (C=O) groups is 2. The molecule has 0 aromatic heterocycles. The van der Waals surface area contributed by atoms with Crippen LogP contribution in [0.4, 0.5) is 0 Å². The summed E-state index contributed by atoms with van der Waals surface area (Å²) in [6.45, 7) is 2.01. The fraction of sp³-hybridized carbons (Fsp3) is 0.800. The first kappa shape index (κ1) is 18.0. The van der Waals surface area contributed by atoms with Crippen LogP contribution in [-0.2, 0) is 9.59 Å². The highest BCUT2D eigenvalue weighted by Crippen LogP contribution is 2.67. The van der Waals surface area contributed by atoms with Gasteiger partial charge in [-0.3, -0.25) is 9.59 Å². The fourth-order valence-corrected chi connectivity index (χ4v) is 7.04. The van der Waals surface area contributed by atoms with E-state index < -0.39 is 40.4 Å². The highest BCUT2D eigenvalue weighted by molar-refractivity contribution is 5.78. The normalized spacial score (nSPS) is 50.2. The van der Waals surface area contributed by atoms with Crippen molar-refractivity contribution >= 4 is 11.9 Å². The van der Waals surface area contributed by atoms with Crippen LogP contribution < -0.4 is 0 Å². The van der Waals surface area contributed by atoms with Crippen molar-refractivity contribution in [1.29, 1.82) is 0 Å². The summed E-state index contributed by atoms with van der Waals surface area (Å²) in [5, 5.41) is 41.2. The summed E-state index contributed by atoms with van der Waals surface area (Å²) in [4.78, 5) is 24.2. The van der Waals surface area contributed by atoms with Crippen LogP contribution in [0.3, 0.4) is 0 Å². The van der Waals surface area contributed by atoms with Crippen LogP contribution in [0.25, 0.3) is 0 Å². The maximum atomic E-state index is 12.5. The number of hydrogen-bond donors (Lipinski definition) is 4. The van der Waals surface area contributed by atoms with E-state index in [1.807, 2.05) is 13.0 Å². The first-order valence-corrected chi connectivity index (χ1v) is 9.73. The van der Waals surface area contributed by atoms with Gasteiger partial charge in [0.05, 0.1) is 23.0 Å². The Balaban J connectivity index is 1.75. The molecule has 0 spiro atoms. The van der Waals surface area contributed by atoms with Gasteiger partial charge < -0.3 is 20.4 Å². The summed E-state index contributed by atoms with van der Waals surface area (Å²) in [6, 6.07) is 0. The fourth-order valence-electron chi connectivity index (χ4n) is 7.04. The van der Waals surface area contributed by atoms with Crippen molar-refractivity contribution < 1.29 is 30.0 Å². The molecule has 144 valence electrons. The number of rotatable bonds is 2. The molecule has 0 heterocycles. The average molecular weight is 364 g/mol. The lowest BCUT2D eigenvalue weighted by Crippen LogP contribution is -2.66. The maximum absolute atomic E-state index is 12.5. The van der Waals surface area contributed by atoms with Gasteiger partial charge in [-0.15, -0.1) is 0 Å². The molecule has 0 bridgehead atoms. The summed E-state index contributed by atoms with van der Waals surface area (Å²) < 4.78 is 0. The van der Waals surface area contributed by atoms with E-state index in [0.717, 1.165) is 5.57 Å². The number of aliphatic hydroxyl groups excluding tert-OH is 1. The van der Waals surface area contributed by atoms with Gasteiger partial charge in [0.2, 0.25) is 0 Å². The molecule has 0 radical (unpaired) electrons. The molecule has 4 rings (SSSR count). The lowest BCUT2D eigenvalue weighted by Gasteiger charge is -2.61. The summed E-state index contributed by atoms with van der Waals surface area (Å²) in [5.74, 6) is -2.35. The van der Waals surface area contributed by atoms with E-state index in [1.54, 1.807) is 0 Å². The monoisotopic (exact) mass is 364 g/mol. The Morgan fingerprint density at radius 1 is 1.12 bits per heavy atom. The van der Waals surface area contributed by atoms with Crippen LogP contribution in [0.2, 0.25) is 0 Å². The van der Waals surface area contributed by atoms with Crippen LogP contribution in [0.5, 0.6) is 0 Å². The minimum atomic E-state index is -1.38. The molecule has 4 aliphatic rings. The molecule has 0 amide bonds. The molecule has 4 N–H and O–H groups in total. The molecule has 7 atom stereocenters. The van der Waals surface area contributed by atoms with Gasteiger partial charge in [0.25, 0.3) is 0 Å². The summed E-state index contributed by atoms with van der Waals surface area (Å²) >= 11 is 0. The average Bonchev–Trinajstić information content (AvgIpc) is 2.91. The molecule has 3 saturated carbocycles. The smallest absolute Gasteiger partial charge is 0.312 e. The van der Waals surface area contributed by atoms with Gasteiger partial charge in [0, 0.05) is 11.8 Å². The maximum Gasteiger partial charge on any atom is 0.312 e. The van der Waals surface area contributed by atoms with E-state index >= 15 is 0 Å². The second-order valence-electron chi connectivity index (χ2n) is 9.20. The van der Waals surface area contributed by atoms with Gasteiger partial charge in [-0.2, -0.15) is 0 Å². The standard InChI is InChI=1S/C20H28O6/c1-18-7-6-14-12(13(18)2-3-15(18)16(22)23)5-8-19(26)10-11(21)4-9-20(14,19)17(24)25/h2,11-12,14-15,21,26H,3-10H2,1H3,(H,22,23)(H,24,25)/t11-,12-,14-,15+,18+,19+,20-/m1/s1. The molecular formula is C20H28O6.